The molecule has 0 saturated heterocycles. The molecule has 2 aromatic carbocycles. The van der Waals surface area contributed by atoms with Gasteiger partial charge in [-0.05, 0) is 33.9 Å². The van der Waals surface area contributed by atoms with E-state index in [2.05, 4.69) is 27.3 Å². The molecule has 0 atom stereocenters. The zero-order chi connectivity index (χ0) is 17.6. The molecular formula is C17H17N5O3. The fourth-order valence-electron chi connectivity index (χ4n) is 3.36. The summed E-state index contributed by atoms with van der Waals surface area (Å²) in [5.41, 5.74) is 4.41. The second kappa shape index (κ2) is 5.73. The molecule has 4 rings (SSSR count). The van der Waals surface area contributed by atoms with E-state index < -0.39 is 4.92 Å². The number of nitro groups is 1. The van der Waals surface area contributed by atoms with Gasteiger partial charge in [-0.2, -0.15) is 0 Å². The van der Waals surface area contributed by atoms with Crippen molar-refractivity contribution in [3.8, 4) is 0 Å². The molecule has 128 valence electrons. The van der Waals surface area contributed by atoms with Crippen LogP contribution in [0.5, 0.6) is 0 Å². The van der Waals surface area contributed by atoms with Crippen molar-refractivity contribution < 1.29 is 9.55 Å². The minimum absolute atomic E-state index is 0.0811. The Kier molecular flexibility index (Phi) is 3.52. The van der Waals surface area contributed by atoms with Gasteiger partial charge in [0.05, 0.1) is 10.6 Å². The summed E-state index contributed by atoms with van der Waals surface area (Å²) in [6.45, 7) is 1.53. The molecule has 0 bridgehead atoms. The maximum atomic E-state index is 11.5. The molecule has 3 aromatic rings. The van der Waals surface area contributed by atoms with Crippen LogP contribution in [0.4, 0.5) is 17.1 Å². The number of nitrogens with zero attached hydrogens (tertiary/aromatic N) is 5. The van der Waals surface area contributed by atoms with Gasteiger partial charge >= 0.3 is 5.69 Å². The SMILES string of the molecule is CN(C)c1cc(N2CCc3ccccc3C2)c2nonc2c1[N+](=O)[O-]. The third kappa shape index (κ3) is 2.46. The summed E-state index contributed by atoms with van der Waals surface area (Å²) < 4.78 is 4.84. The molecule has 2 heterocycles. The number of anilines is 2. The summed E-state index contributed by atoms with van der Waals surface area (Å²) in [7, 11) is 3.55. The Balaban J connectivity index is 1.87. The Morgan fingerprint density at radius 2 is 1.92 bits per heavy atom. The minimum atomic E-state index is -0.433. The highest BCUT2D eigenvalue weighted by Gasteiger charge is 2.29. The van der Waals surface area contributed by atoms with Crippen LogP contribution < -0.4 is 9.80 Å². The van der Waals surface area contributed by atoms with Crippen molar-refractivity contribution in [2.75, 3.05) is 30.4 Å². The number of aromatic nitrogens is 2. The molecule has 1 aliphatic rings. The Hall–Kier alpha value is -3.16. The number of benzene rings is 2. The average molecular weight is 339 g/mol. The molecule has 8 nitrogen and oxygen atoms in total. The van der Waals surface area contributed by atoms with Crippen molar-refractivity contribution in [2.45, 2.75) is 13.0 Å². The lowest BCUT2D eigenvalue weighted by molar-refractivity contribution is -0.382. The summed E-state index contributed by atoms with van der Waals surface area (Å²) in [6.07, 6.45) is 0.914. The van der Waals surface area contributed by atoms with Gasteiger partial charge in [0.2, 0.25) is 5.52 Å². The Labute approximate surface area is 143 Å². The first kappa shape index (κ1) is 15.4. The smallest absolute Gasteiger partial charge is 0.323 e. The van der Waals surface area contributed by atoms with E-state index in [1.54, 1.807) is 25.1 Å². The average Bonchev–Trinajstić information content (AvgIpc) is 3.08. The van der Waals surface area contributed by atoms with Gasteiger partial charge in [0.1, 0.15) is 5.69 Å². The zero-order valence-electron chi connectivity index (χ0n) is 14.0. The first-order valence-electron chi connectivity index (χ1n) is 7.99. The van der Waals surface area contributed by atoms with Gasteiger partial charge in [0.25, 0.3) is 0 Å². The minimum Gasteiger partial charge on any atom is -0.372 e. The molecule has 1 aromatic heterocycles. The third-order valence-corrected chi connectivity index (χ3v) is 4.61. The molecule has 0 saturated carbocycles. The molecule has 8 heteroatoms. The molecular weight excluding hydrogens is 322 g/mol. The second-order valence-electron chi connectivity index (χ2n) is 6.32. The zero-order valence-corrected chi connectivity index (χ0v) is 14.0. The molecule has 0 unspecified atom stereocenters. The van der Waals surface area contributed by atoms with E-state index in [0.29, 0.717) is 11.2 Å². The van der Waals surface area contributed by atoms with Gasteiger partial charge in [0.15, 0.2) is 5.52 Å². The highest BCUT2D eigenvalue weighted by atomic mass is 16.6. The van der Waals surface area contributed by atoms with Gasteiger partial charge in [-0.25, -0.2) is 4.63 Å². The summed E-state index contributed by atoms with van der Waals surface area (Å²) in [5.74, 6) is 0. The monoisotopic (exact) mass is 339 g/mol. The lowest BCUT2D eigenvalue weighted by Gasteiger charge is -2.31. The predicted molar refractivity (Wildman–Crippen MR) is 94.0 cm³/mol. The fourth-order valence-corrected chi connectivity index (χ4v) is 3.36. The molecule has 0 aliphatic carbocycles. The van der Waals surface area contributed by atoms with Crippen LogP contribution in [0, 0.1) is 10.1 Å². The van der Waals surface area contributed by atoms with E-state index in [-0.39, 0.29) is 11.2 Å². The van der Waals surface area contributed by atoms with Crippen molar-refractivity contribution in [3.63, 3.8) is 0 Å². The van der Waals surface area contributed by atoms with Crippen LogP contribution in [0.1, 0.15) is 11.1 Å². The number of rotatable bonds is 3. The van der Waals surface area contributed by atoms with E-state index in [0.717, 1.165) is 25.2 Å². The van der Waals surface area contributed by atoms with E-state index in [4.69, 9.17) is 4.63 Å². The van der Waals surface area contributed by atoms with Crippen LogP contribution in [0.2, 0.25) is 0 Å². The lowest BCUT2D eigenvalue weighted by Crippen LogP contribution is -2.30. The standard InChI is InChI=1S/C17H17N5O3/c1-20(2)14-9-13(15-16(19-25-18-15)17(14)22(23)24)21-8-7-11-5-3-4-6-12(11)10-21/h3-6,9H,7-8,10H2,1-2H3. The molecule has 0 spiro atoms. The van der Waals surface area contributed by atoms with Crippen molar-refractivity contribution in [3.05, 3.63) is 51.6 Å². The lowest BCUT2D eigenvalue weighted by atomic mass is 9.99. The molecule has 0 radical (unpaired) electrons. The summed E-state index contributed by atoms with van der Waals surface area (Å²) in [4.78, 5) is 15.0. The molecule has 25 heavy (non-hydrogen) atoms. The van der Waals surface area contributed by atoms with Crippen LogP contribution in [0.3, 0.4) is 0 Å². The quantitative estimate of drug-likeness (QED) is 0.535. The van der Waals surface area contributed by atoms with E-state index in [9.17, 15) is 10.1 Å². The van der Waals surface area contributed by atoms with Gasteiger partial charge in [-0.3, -0.25) is 10.1 Å². The van der Waals surface area contributed by atoms with Crippen molar-refractivity contribution in [1.82, 2.24) is 10.3 Å². The van der Waals surface area contributed by atoms with E-state index >= 15 is 0 Å². The highest BCUT2D eigenvalue weighted by Crippen LogP contribution is 2.40. The van der Waals surface area contributed by atoms with E-state index in [1.165, 1.54) is 11.1 Å². The molecule has 0 amide bonds. The number of fused-ring (bicyclic) bond motifs is 2. The summed E-state index contributed by atoms with van der Waals surface area (Å²) in [5, 5.41) is 19.3. The van der Waals surface area contributed by atoms with Crippen LogP contribution in [-0.4, -0.2) is 35.9 Å². The van der Waals surface area contributed by atoms with Crippen molar-refractivity contribution in [2.24, 2.45) is 0 Å². The maximum absolute atomic E-state index is 11.5. The van der Waals surface area contributed by atoms with Crippen LogP contribution in [0.25, 0.3) is 11.0 Å². The number of nitro benzene ring substituents is 1. The first-order valence-corrected chi connectivity index (χ1v) is 7.99. The molecule has 0 fully saturated rings. The van der Waals surface area contributed by atoms with Crippen LogP contribution in [0.15, 0.2) is 35.0 Å². The fraction of sp³-hybridized carbons (Fsp3) is 0.294. The Morgan fingerprint density at radius 1 is 1.20 bits per heavy atom. The van der Waals surface area contributed by atoms with Gasteiger partial charge in [-0.15, -0.1) is 0 Å². The van der Waals surface area contributed by atoms with Crippen molar-refractivity contribution in [1.29, 1.82) is 0 Å². The van der Waals surface area contributed by atoms with Crippen LogP contribution >= 0.6 is 0 Å². The maximum Gasteiger partial charge on any atom is 0.323 e. The number of hydrogen-bond acceptors (Lipinski definition) is 7. The molecule has 0 N–H and O–H groups in total. The topological polar surface area (TPSA) is 88.5 Å². The Bertz CT molecular complexity index is 966. The van der Waals surface area contributed by atoms with Gasteiger partial charge in [0, 0.05) is 27.2 Å². The first-order chi connectivity index (χ1) is 12.1. The summed E-state index contributed by atoms with van der Waals surface area (Å²) in [6, 6.07) is 10.1. The number of hydrogen-bond donors (Lipinski definition) is 0. The third-order valence-electron chi connectivity index (χ3n) is 4.61. The van der Waals surface area contributed by atoms with Crippen LogP contribution in [-0.2, 0) is 13.0 Å². The van der Waals surface area contributed by atoms with E-state index in [1.807, 2.05) is 12.1 Å². The highest BCUT2D eigenvalue weighted by molar-refractivity contribution is 6.00. The molecule has 1 aliphatic heterocycles. The normalized spacial score (nSPS) is 13.8. The Morgan fingerprint density at radius 3 is 2.64 bits per heavy atom. The van der Waals surface area contributed by atoms with Gasteiger partial charge in [-0.1, -0.05) is 24.3 Å². The predicted octanol–water partition coefficient (Wildman–Crippen LogP) is 2.76. The van der Waals surface area contributed by atoms with Gasteiger partial charge < -0.3 is 9.80 Å². The second-order valence-corrected chi connectivity index (χ2v) is 6.32. The van der Waals surface area contributed by atoms with Crippen molar-refractivity contribution >= 4 is 28.1 Å². The summed E-state index contributed by atoms with van der Waals surface area (Å²) >= 11 is 0. The largest absolute Gasteiger partial charge is 0.372 e.